The molecule has 0 unspecified atom stereocenters. The molecule has 2 N–H and O–H groups in total. The normalized spacial score (nSPS) is 19.5. The van der Waals surface area contributed by atoms with E-state index in [0.717, 1.165) is 18.5 Å². The molecule has 1 fully saturated rings. The lowest BCUT2D eigenvalue weighted by molar-refractivity contribution is -0.144. The van der Waals surface area contributed by atoms with Gasteiger partial charge in [-0.15, -0.1) is 0 Å². The maximum absolute atomic E-state index is 11.9. The molecule has 2 rings (SSSR count). The molecule has 1 saturated heterocycles. The Morgan fingerprint density at radius 2 is 2.05 bits per heavy atom. The van der Waals surface area contributed by atoms with Crippen molar-refractivity contribution in [1.82, 2.24) is 10.2 Å². The first-order valence-corrected chi connectivity index (χ1v) is 6.91. The second-order valence-electron chi connectivity index (χ2n) is 5.17. The Morgan fingerprint density at radius 3 is 2.75 bits per heavy atom. The molecular weight excluding hydrogens is 256 g/mol. The maximum atomic E-state index is 11.9. The lowest BCUT2D eigenvalue weighted by atomic mass is 9.98. The minimum atomic E-state index is -0.764. The molecule has 0 saturated carbocycles. The monoisotopic (exact) mass is 276 g/mol. The van der Waals surface area contributed by atoms with Gasteiger partial charge in [0.05, 0.1) is 12.5 Å². The smallest absolute Gasteiger partial charge is 0.307 e. The van der Waals surface area contributed by atoms with Crippen LogP contribution in [-0.2, 0) is 16.1 Å². The number of benzene rings is 1. The highest BCUT2D eigenvalue weighted by Gasteiger charge is 2.26. The van der Waals surface area contributed by atoms with Gasteiger partial charge in [-0.25, -0.2) is 0 Å². The van der Waals surface area contributed by atoms with E-state index in [1.807, 2.05) is 35.2 Å². The predicted molar refractivity (Wildman–Crippen MR) is 75.1 cm³/mol. The van der Waals surface area contributed by atoms with Crippen molar-refractivity contribution in [1.29, 1.82) is 0 Å². The molecule has 1 heterocycles. The summed E-state index contributed by atoms with van der Waals surface area (Å²) in [6, 6.07) is 9.72. The second kappa shape index (κ2) is 7.05. The Bertz CT molecular complexity index is 461. The highest BCUT2D eigenvalue weighted by Crippen LogP contribution is 2.16. The summed E-state index contributed by atoms with van der Waals surface area (Å²) in [7, 11) is 0. The van der Waals surface area contributed by atoms with Crippen molar-refractivity contribution in [2.75, 3.05) is 19.6 Å². The van der Waals surface area contributed by atoms with Gasteiger partial charge in [0.1, 0.15) is 0 Å². The lowest BCUT2D eigenvalue weighted by Crippen LogP contribution is -2.44. The van der Waals surface area contributed by atoms with Gasteiger partial charge in [-0.3, -0.25) is 14.5 Å². The number of rotatable bonds is 5. The standard InChI is InChI=1S/C15H20N2O3/c18-14(16-9-12-5-2-1-3-6-12)11-17-8-4-7-13(10-17)15(19)20/h1-3,5-6,13H,4,7-11H2,(H,16,18)(H,19,20)/t13-/m1/s1. The molecule has 1 aliphatic rings. The minimum absolute atomic E-state index is 0.0557. The van der Waals surface area contributed by atoms with Gasteiger partial charge >= 0.3 is 5.97 Å². The van der Waals surface area contributed by atoms with Crippen LogP contribution in [-0.4, -0.2) is 41.5 Å². The summed E-state index contributed by atoms with van der Waals surface area (Å²) < 4.78 is 0. The van der Waals surface area contributed by atoms with Crippen molar-refractivity contribution < 1.29 is 14.7 Å². The molecule has 1 aliphatic heterocycles. The van der Waals surface area contributed by atoms with E-state index >= 15 is 0 Å². The SMILES string of the molecule is O=C(CN1CCC[C@@H](C(=O)O)C1)NCc1ccccc1. The molecule has 1 atom stereocenters. The molecule has 0 aliphatic carbocycles. The fraction of sp³-hybridized carbons (Fsp3) is 0.467. The van der Waals surface area contributed by atoms with Gasteiger partial charge in [0.25, 0.3) is 0 Å². The Hall–Kier alpha value is -1.88. The molecule has 0 radical (unpaired) electrons. The molecule has 5 nitrogen and oxygen atoms in total. The third-order valence-electron chi connectivity index (χ3n) is 3.55. The number of nitrogens with one attached hydrogen (secondary N) is 1. The first-order chi connectivity index (χ1) is 9.65. The number of carboxylic acids is 1. The Labute approximate surface area is 118 Å². The first-order valence-electron chi connectivity index (χ1n) is 6.91. The molecule has 0 spiro atoms. The fourth-order valence-electron chi connectivity index (χ4n) is 2.46. The number of likely N-dealkylation sites (tertiary alicyclic amines) is 1. The van der Waals surface area contributed by atoms with Gasteiger partial charge in [-0.2, -0.15) is 0 Å². The molecule has 0 bridgehead atoms. The molecule has 20 heavy (non-hydrogen) atoms. The first kappa shape index (κ1) is 14.5. The summed E-state index contributed by atoms with van der Waals surface area (Å²) in [5.41, 5.74) is 1.06. The Kier molecular flexibility index (Phi) is 5.12. The maximum Gasteiger partial charge on any atom is 0.307 e. The van der Waals surface area contributed by atoms with Crippen molar-refractivity contribution in [3.05, 3.63) is 35.9 Å². The quantitative estimate of drug-likeness (QED) is 0.845. The van der Waals surface area contributed by atoms with E-state index in [9.17, 15) is 9.59 Å². The molecular formula is C15H20N2O3. The summed E-state index contributed by atoms with van der Waals surface area (Å²) in [5, 5.41) is 11.9. The molecule has 0 aromatic heterocycles. The molecule has 1 aromatic rings. The van der Waals surface area contributed by atoms with Gasteiger partial charge in [0.2, 0.25) is 5.91 Å². The van der Waals surface area contributed by atoms with Crippen molar-refractivity contribution in [3.63, 3.8) is 0 Å². The summed E-state index contributed by atoms with van der Waals surface area (Å²) in [6.45, 7) is 2.04. The zero-order valence-corrected chi connectivity index (χ0v) is 11.4. The van der Waals surface area contributed by atoms with Crippen molar-refractivity contribution >= 4 is 11.9 Å². The highest BCUT2D eigenvalue weighted by molar-refractivity contribution is 5.78. The Balaban J connectivity index is 1.75. The van der Waals surface area contributed by atoms with Crippen LogP contribution >= 0.6 is 0 Å². The van der Waals surface area contributed by atoms with Crippen LogP contribution in [0.4, 0.5) is 0 Å². The van der Waals surface area contributed by atoms with E-state index in [1.54, 1.807) is 0 Å². The summed E-state index contributed by atoms with van der Waals surface area (Å²) in [5.74, 6) is -1.16. The second-order valence-corrected chi connectivity index (χ2v) is 5.17. The van der Waals surface area contributed by atoms with Crippen LogP contribution in [0.5, 0.6) is 0 Å². The number of piperidine rings is 1. The van der Waals surface area contributed by atoms with E-state index in [-0.39, 0.29) is 18.4 Å². The van der Waals surface area contributed by atoms with Crippen LogP contribution in [0, 0.1) is 5.92 Å². The van der Waals surface area contributed by atoms with E-state index in [1.165, 1.54) is 0 Å². The number of hydrogen-bond donors (Lipinski definition) is 2. The van der Waals surface area contributed by atoms with Crippen LogP contribution in [0.2, 0.25) is 0 Å². The average molecular weight is 276 g/mol. The molecule has 5 heteroatoms. The summed E-state index contributed by atoms with van der Waals surface area (Å²) >= 11 is 0. The molecule has 1 amide bonds. The number of aliphatic carboxylic acids is 1. The zero-order valence-electron chi connectivity index (χ0n) is 11.4. The zero-order chi connectivity index (χ0) is 14.4. The third kappa shape index (κ3) is 4.35. The molecule has 1 aromatic carbocycles. The fourth-order valence-corrected chi connectivity index (χ4v) is 2.46. The van der Waals surface area contributed by atoms with E-state index in [0.29, 0.717) is 19.5 Å². The largest absolute Gasteiger partial charge is 0.481 e. The van der Waals surface area contributed by atoms with Crippen molar-refractivity contribution in [2.24, 2.45) is 5.92 Å². The predicted octanol–water partition coefficient (Wildman–Crippen LogP) is 1.10. The number of amides is 1. The number of carbonyl (C=O) groups excluding carboxylic acids is 1. The third-order valence-corrected chi connectivity index (χ3v) is 3.55. The van der Waals surface area contributed by atoms with Crippen LogP contribution in [0.15, 0.2) is 30.3 Å². The molecule has 108 valence electrons. The van der Waals surface area contributed by atoms with Crippen LogP contribution in [0.25, 0.3) is 0 Å². The lowest BCUT2D eigenvalue weighted by Gasteiger charge is -2.29. The number of hydrogen-bond acceptors (Lipinski definition) is 3. The minimum Gasteiger partial charge on any atom is -0.481 e. The summed E-state index contributed by atoms with van der Waals surface area (Å²) in [4.78, 5) is 24.7. The summed E-state index contributed by atoms with van der Waals surface area (Å²) in [6.07, 6.45) is 1.54. The van der Waals surface area contributed by atoms with E-state index in [4.69, 9.17) is 5.11 Å². The van der Waals surface area contributed by atoms with Gasteiger partial charge in [0, 0.05) is 13.1 Å². The number of nitrogens with zero attached hydrogens (tertiary/aromatic N) is 1. The van der Waals surface area contributed by atoms with Crippen molar-refractivity contribution in [3.8, 4) is 0 Å². The van der Waals surface area contributed by atoms with E-state index in [2.05, 4.69) is 5.32 Å². The highest BCUT2D eigenvalue weighted by atomic mass is 16.4. The van der Waals surface area contributed by atoms with Gasteiger partial charge in [-0.1, -0.05) is 30.3 Å². The van der Waals surface area contributed by atoms with Gasteiger partial charge in [0.15, 0.2) is 0 Å². The Morgan fingerprint density at radius 1 is 1.30 bits per heavy atom. The van der Waals surface area contributed by atoms with Gasteiger partial charge in [-0.05, 0) is 24.9 Å². The van der Waals surface area contributed by atoms with E-state index < -0.39 is 5.97 Å². The van der Waals surface area contributed by atoms with Gasteiger partial charge < -0.3 is 10.4 Å². The number of carboxylic acid groups (broad SMARTS) is 1. The van der Waals surface area contributed by atoms with Crippen LogP contribution in [0.1, 0.15) is 18.4 Å². The van der Waals surface area contributed by atoms with Crippen LogP contribution in [0.3, 0.4) is 0 Å². The average Bonchev–Trinajstić information content (AvgIpc) is 2.46. The van der Waals surface area contributed by atoms with Crippen LogP contribution < -0.4 is 5.32 Å². The number of carbonyl (C=O) groups is 2. The topological polar surface area (TPSA) is 69.6 Å². The van der Waals surface area contributed by atoms with Crippen molar-refractivity contribution in [2.45, 2.75) is 19.4 Å².